The van der Waals surface area contributed by atoms with Gasteiger partial charge >= 0.3 is 6.18 Å². The number of carbonyl (C=O) groups is 2. The molecule has 12 heteroatoms. The van der Waals surface area contributed by atoms with Gasteiger partial charge in [-0.1, -0.05) is 12.1 Å². The Morgan fingerprint density at radius 3 is 2.57 bits per heavy atom. The number of nitrogens with one attached hydrogen (secondary N) is 4. The van der Waals surface area contributed by atoms with Crippen molar-refractivity contribution in [2.45, 2.75) is 12.7 Å². The van der Waals surface area contributed by atoms with Gasteiger partial charge in [0.15, 0.2) is 0 Å². The minimum absolute atomic E-state index is 0.0575. The number of piperazine rings is 1. The van der Waals surface area contributed by atoms with E-state index in [9.17, 15) is 22.8 Å². The summed E-state index contributed by atoms with van der Waals surface area (Å²) in [7, 11) is 1.99. The summed E-state index contributed by atoms with van der Waals surface area (Å²) in [6, 6.07) is 17.7. The number of anilines is 4. The van der Waals surface area contributed by atoms with Crippen LogP contribution in [0.1, 0.15) is 32.7 Å². The number of hydrogen-bond acceptors (Lipinski definition) is 6. The molecule has 6 rings (SSSR count). The monoisotopic (exact) mass is 601 g/mol. The molecule has 44 heavy (non-hydrogen) atoms. The van der Waals surface area contributed by atoms with Gasteiger partial charge < -0.3 is 25.8 Å². The number of nitrogens with zero attached hydrogens (tertiary/aromatic N) is 3. The van der Waals surface area contributed by atoms with Gasteiger partial charge in [0, 0.05) is 67.1 Å². The maximum absolute atomic E-state index is 14.0. The molecule has 0 spiro atoms. The molecule has 4 N–H and O–H groups in total. The lowest BCUT2D eigenvalue weighted by Crippen LogP contribution is -2.44. The lowest BCUT2D eigenvalue weighted by atomic mass is 10.0. The van der Waals surface area contributed by atoms with Crippen molar-refractivity contribution in [1.29, 1.82) is 0 Å². The SMILES string of the molecule is CN1CCN(Cc2ccc(NC(=O)c3cccc(Nc4ccc5c(n4)NC(=O)/C5=C/c4ccc[nH]4)c3)cc2C(F)(F)F)CC1. The van der Waals surface area contributed by atoms with E-state index in [-0.39, 0.29) is 29.3 Å². The van der Waals surface area contributed by atoms with Crippen LogP contribution in [0.25, 0.3) is 11.6 Å². The van der Waals surface area contributed by atoms with Crippen LogP contribution in [0.3, 0.4) is 0 Å². The molecule has 1 saturated heterocycles. The van der Waals surface area contributed by atoms with E-state index < -0.39 is 17.6 Å². The standard InChI is InChI=1S/C32H30F3N7O2/c1-41-12-14-42(15-13-41)19-21-7-8-24(18-27(21)32(33,34)35)38-30(43)20-4-2-5-23(16-20)37-28-10-9-25-26(17-22-6-3-11-36-22)31(44)40-29(25)39-28/h2-11,16-18,36H,12-15,19H2,1H3,(H,38,43)(H2,37,39,40,44)/b26-17+. The first-order chi connectivity index (χ1) is 21.1. The molecule has 0 bridgehead atoms. The smallest absolute Gasteiger partial charge is 0.362 e. The zero-order valence-corrected chi connectivity index (χ0v) is 23.8. The molecule has 9 nitrogen and oxygen atoms in total. The average Bonchev–Trinajstić information content (AvgIpc) is 3.62. The number of benzene rings is 2. The van der Waals surface area contributed by atoms with E-state index in [4.69, 9.17) is 0 Å². The van der Waals surface area contributed by atoms with Crippen molar-refractivity contribution < 1.29 is 22.8 Å². The third-order valence-corrected chi connectivity index (χ3v) is 7.64. The Morgan fingerprint density at radius 2 is 1.82 bits per heavy atom. The molecule has 2 aliphatic heterocycles. The molecule has 1 fully saturated rings. The van der Waals surface area contributed by atoms with Crippen molar-refractivity contribution in [2.75, 3.05) is 49.2 Å². The fraction of sp³-hybridized carbons (Fsp3) is 0.219. The molecule has 0 radical (unpaired) electrons. The van der Waals surface area contributed by atoms with Crippen LogP contribution < -0.4 is 16.0 Å². The van der Waals surface area contributed by atoms with Crippen molar-refractivity contribution in [3.63, 3.8) is 0 Å². The summed E-state index contributed by atoms with van der Waals surface area (Å²) < 4.78 is 42.0. The van der Waals surface area contributed by atoms with Gasteiger partial charge in [-0.05, 0) is 73.3 Å². The first kappa shape index (κ1) is 29.1. The Labute approximate surface area is 251 Å². The molecule has 0 atom stereocenters. The number of aromatic amines is 1. The van der Waals surface area contributed by atoms with Crippen molar-refractivity contribution in [3.05, 3.63) is 101 Å². The van der Waals surface area contributed by atoms with Gasteiger partial charge in [-0.2, -0.15) is 13.2 Å². The molecule has 2 aromatic carbocycles. The van der Waals surface area contributed by atoms with Crippen LogP contribution in [0, 0.1) is 0 Å². The van der Waals surface area contributed by atoms with Gasteiger partial charge in [-0.25, -0.2) is 4.98 Å². The Balaban J connectivity index is 1.15. The van der Waals surface area contributed by atoms with E-state index >= 15 is 0 Å². The molecule has 0 aliphatic carbocycles. The number of H-pyrrole nitrogens is 1. The molecule has 2 aliphatic rings. The molecular weight excluding hydrogens is 571 g/mol. The highest BCUT2D eigenvalue weighted by Gasteiger charge is 2.34. The number of likely N-dealkylation sites (N-methyl/N-ethyl adjacent to an activating group) is 1. The molecule has 2 amide bonds. The van der Waals surface area contributed by atoms with E-state index in [1.165, 1.54) is 12.1 Å². The van der Waals surface area contributed by atoms with Gasteiger partial charge in [0.2, 0.25) is 0 Å². The Kier molecular flexibility index (Phi) is 7.93. The summed E-state index contributed by atoms with van der Waals surface area (Å²) in [5.74, 6) is 0.0255. The quantitative estimate of drug-likeness (QED) is 0.204. The number of alkyl halides is 3. The van der Waals surface area contributed by atoms with E-state index in [1.54, 1.807) is 48.7 Å². The molecule has 4 heterocycles. The third kappa shape index (κ3) is 6.51. The highest BCUT2D eigenvalue weighted by molar-refractivity contribution is 6.34. The summed E-state index contributed by atoms with van der Waals surface area (Å²) >= 11 is 0. The summed E-state index contributed by atoms with van der Waals surface area (Å²) in [5.41, 5.74) is 2.20. The fourth-order valence-corrected chi connectivity index (χ4v) is 5.26. The molecule has 0 unspecified atom stereocenters. The second-order valence-corrected chi connectivity index (χ2v) is 10.8. The summed E-state index contributed by atoms with van der Waals surface area (Å²) in [4.78, 5) is 37.3. The van der Waals surface area contributed by atoms with E-state index in [1.807, 2.05) is 24.1 Å². The van der Waals surface area contributed by atoms with Gasteiger partial charge in [0.05, 0.1) is 11.1 Å². The first-order valence-corrected chi connectivity index (χ1v) is 14.1. The van der Waals surface area contributed by atoms with Crippen molar-refractivity contribution in [2.24, 2.45) is 0 Å². The average molecular weight is 602 g/mol. The van der Waals surface area contributed by atoms with Gasteiger partial charge in [-0.15, -0.1) is 0 Å². The van der Waals surface area contributed by atoms with Crippen molar-refractivity contribution >= 4 is 46.5 Å². The number of aromatic nitrogens is 2. The largest absolute Gasteiger partial charge is 0.416 e. The number of hydrogen-bond donors (Lipinski definition) is 4. The maximum Gasteiger partial charge on any atom is 0.416 e. The van der Waals surface area contributed by atoms with Crippen LogP contribution in [0.2, 0.25) is 0 Å². The van der Waals surface area contributed by atoms with Crippen LogP contribution in [0.5, 0.6) is 0 Å². The molecule has 0 saturated carbocycles. The van der Waals surface area contributed by atoms with E-state index in [0.717, 1.165) is 24.8 Å². The number of fused-ring (bicyclic) bond motifs is 1. The lowest BCUT2D eigenvalue weighted by Gasteiger charge is -2.33. The van der Waals surface area contributed by atoms with E-state index in [0.29, 0.717) is 41.5 Å². The molecule has 4 aromatic rings. The minimum atomic E-state index is -4.56. The van der Waals surface area contributed by atoms with Crippen LogP contribution in [0.15, 0.2) is 72.9 Å². The molecular formula is C32H30F3N7O2. The highest BCUT2D eigenvalue weighted by Crippen LogP contribution is 2.35. The second kappa shape index (κ2) is 12.0. The number of halogens is 3. The van der Waals surface area contributed by atoms with E-state index in [2.05, 4.69) is 30.8 Å². The predicted octanol–water partition coefficient (Wildman–Crippen LogP) is 5.66. The normalized spacial score (nSPS) is 16.5. The van der Waals surface area contributed by atoms with Crippen molar-refractivity contribution in [1.82, 2.24) is 19.8 Å². The van der Waals surface area contributed by atoms with Gasteiger partial charge in [-0.3, -0.25) is 14.5 Å². The van der Waals surface area contributed by atoms with Crippen LogP contribution in [0.4, 0.5) is 36.2 Å². The van der Waals surface area contributed by atoms with Crippen molar-refractivity contribution in [3.8, 4) is 0 Å². The van der Waals surface area contributed by atoms with Gasteiger partial charge in [0.1, 0.15) is 11.6 Å². The zero-order chi connectivity index (χ0) is 30.8. The Morgan fingerprint density at radius 1 is 1.00 bits per heavy atom. The Hall–Kier alpha value is -4.94. The second-order valence-electron chi connectivity index (χ2n) is 10.8. The number of rotatable bonds is 7. The Bertz CT molecular complexity index is 1730. The maximum atomic E-state index is 14.0. The van der Waals surface area contributed by atoms with Crippen LogP contribution >= 0.6 is 0 Å². The number of pyridine rings is 1. The predicted molar refractivity (Wildman–Crippen MR) is 163 cm³/mol. The summed E-state index contributed by atoms with van der Waals surface area (Å²) in [5, 5.41) is 8.49. The third-order valence-electron chi connectivity index (χ3n) is 7.64. The zero-order valence-electron chi connectivity index (χ0n) is 23.8. The highest BCUT2D eigenvalue weighted by atomic mass is 19.4. The topological polar surface area (TPSA) is 105 Å². The minimum Gasteiger partial charge on any atom is -0.362 e. The van der Waals surface area contributed by atoms with Gasteiger partial charge in [0.25, 0.3) is 11.8 Å². The van der Waals surface area contributed by atoms with Crippen LogP contribution in [-0.4, -0.2) is 64.8 Å². The fourth-order valence-electron chi connectivity index (χ4n) is 5.26. The molecule has 226 valence electrons. The molecule has 2 aromatic heterocycles. The summed E-state index contributed by atoms with van der Waals surface area (Å²) in [6.07, 6.45) is -1.05. The number of carbonyl (C=O) groups excluding carboxylic acids is 2. The summed E-state index contributed by atoms with van der Waals surface area (Å²) in [6.45, 7) is 3.18. The first-order valence-electron chi connectivity index (χ1n) is 14.1. The number of amides is 2. The van der Waals surface area contributed by atoms with Crippen LogP contribution in [-0.2, 0) is 17.5 Å². The lowest BCUT2D eigenvalue weighted by molar-refractivity contribution is -0.138.